The Balaban J connectivity index is 1.65. The Labute approximate surface area is 153 Å². The molecule has 0 unspecified atom stereocenters. The van der Waals surface area contributed by atoms with Crippen LogP contribution in [0.2, 0.25) is 5.02 Å². The second-order valence-corrected chi connectivity index (χ2v) is 6.50. The molecule has 1 amide bonds. The number of carbonyl (C=O) groups excluding carboxylic acids is 2. The van der Waals surface area contributed by atoms with E-state index >= 15 is 0 Å². The van der Waals surface area contributed by atoms with Crippen molar-refractivity contribution in [3.8, 4) is 5.75 Å². The lowest BCUT2D eigenvalue weighted by Crippen LogP contribution is -2.21. The molecule has 0 spiro atoms. The monoisotopic (exact) mass is 375 g/mol. The van der Waals surface area contributed by atoms with Gasteiger partial charge in [0.25, 0.3) is 5.91 Å². The standard InChI is InChI=1S/C18H14ClNO4S/c1-23-13-8-4-3-7-12(13)20-15(21)10-24-18(22)17-16(19)11-6-2-5-9-14(11)25-17/h2-9H,10H2,1H3,(H,20,21). The van der Waals surface area contributed by atoms with E-state index in [1.54, 1.807) is 24.3 Å². The van der Waals surface area contributed by atoms with Crippen LogP contribution in [0.15, 0.2) is 48.5 Å². The number of methoxy groups -OCH3 is 1. The fourth-order valence-corrected chi connectivity index (χ4v) is 3.68. The molecule has 1 heterocycles. The molecule has 0 saturated heterocycles. The molecule has 0 saturated carbocycles. The Morgan fingerprint density at radius 2 is 1.84 bits per heavy atom. The maximum absolute atomic E-state index is 12.2. The van der Waals surface area contributed by atoms with E-state index in [1.165, 1.54) is 18.4 Å². The number of esters is 1. The van der Waals surface area contributed by atoms with Gasteiger partial charge < -0.3 is 14.8 Å². The SMILES string of the molecule is COc1ccccc1NC(=O)COC(=O)c1sc2ccccc2c1Cl. The molecule has 7 heteroatoms. The summed E-state index contributed by atoms with van der Waals surface area (Å²) in [4.78, 5) is 24.5. The van der Waals surface area contributed by atoms with Gasteiger partial charge >= 0.3 is 5.97 Å². The van der Waals surface area contributed by atoms with E-state index in [1.807, 2.05) is 24.3 Å². The van der Waals surface area contributed by atoms with E-state index in [0.717, 1.165) is 10.1 Å². The number of nitrogens with one attached hydrogen (secondary N) is 1. The first-order valence-electron chi connectivity index (χ1n) is 7.37. The van der Waals surface area contributed by atoms with Crippen molar-refractivity contribution in [1.29, 1.82) is 0 Å². The predicted molar refractivity (Wildman–Crippen MR) is 98.7 cm³/mol. The third-order valence-corrected chi connectivity index (χ3v) is 5.09. The van der Waals surface area contributed by atoms with Gasteiger partial charge in [-0.25, -0.2) is 4.79 Å². The van der Waals surface area contributed by atoms with Gasteiger partial charge in [0, 0.05) is 10.1 Å². The highest BCUT2D eigenvalue weighted by Gasteiger charge is 2.19. The summed E-state index contributed by atoms with van der Waals surface area (Å²) >= 11 is 7.46. The van der Waals surface area contributed by atoms with Crippen LogP contribution in [0.4, 0.5) is 5.69 Å². The molecule has 3 aromatic rings. The van der Waals surface area contributed by atoms with Crippen LogP contribution in [-0.4, -0.2) is 25.6 Å². The molecule has 0 fully saturated rings. The Kier molecular flexibility index (Phi) is 5.21. The number of para-hydroxylation sites is 2. The first-order valence-corrected chi connectivity index (χ1v) is 8.56. The Bertz CT molecular complexity index is 938. The highest BCUT2D eigenvalue weighted by Crippen LogP contribution is 2.35. The van der Waals surface area contributed by atoms with E-state index in [4.69, 9.17) is 21.1 Å². The van der Waals surface area contributed by atoms with Crippen LogP contribution in [0.3, 0.4) is 0 Å². The van der Waals surface area contributed by atoms with Gasteiger partial charge in [0.2, 0.25) is 0 Å². The van der Waals surface area contributed by atoms with Gasteiger partial charge in [0.05, 0.1) is 17.8 Å². The topological polar surface area (TPSA) is 64.6 Å². The van der Waals surface area contributed by atoms with Crippen LogP contribution in [0.25, 0.3) is 10.1 Å². The molecule has 0 aliphatic carbocycles. The number of carbonyl (C=O) groups is 2. The van der Waals surface area contributed by atoms with Crippen molar-refractivity contribution in [1.82, 2.24) is 0 Å². The molecule has 2 aromatic carbocycles. The summed E-state index contributed by atoms with van der Waals surface area (Å²) in [7, 11) is 1.51. The molecule has 0 aliphatic rings. The number of benzene rings is 2. The van der Waals surface area contributed by atoms with E-state index < -0.39 is 18.5 Å². The molecule has 3 rings (SSSR count). The maximum atomic E-state index is 12.2. The van der Waals surface area contributed by atoms with Gasteiger partial charge in [0.15, 0.2) is 6.61 Å². The number of ether oxygens (including phenoxy) is 2. The summed E-state index contributed by atoms with van der Waals surface area (Å²) in [6.07, 6.45) is 0. The van der Waals surface area contributed by atoms with Crippen molar-refractivity contribution in [2.75, 3.05) is 19.0 Å². The predicted octanol–water partition coefficient (Wildman–Crippen LogP) is 4.36. The summed E-state index contributed by atoms with van der Waals surface area (Å²) in [5.74, 6) is -0.564. The van der Waals surface area contributed by atoms with Crippen LogP contribution in [0.5, 0.6) is 5.75 Å². The Hall–Kier alpha value is -2.57. The molecule has 0 radical (unpaired) electrons. The normalized spacial score (nSPS) is 10.5. The molecular formula is C18H14ClNO4S. The van der Waals surface area contributed by atoms with Crippen molar-refractivity contribution in [3.63, 3.8) is 0 Å². The van der Waals surface area contributed by atoms with Gasteiger partial charge in [-0.1, -0.05) is 41.9 Å². The van der Waals surface area contributed by atoms with Crippen LogP contribution < -0.4 is 10.1 Å². The lowest BCUT2D eigenvalue weighted by atomic mass is 10.2. The van der Waals surface area contributed by atoms with Crippen molar-refractivity contribution in [3.05, 3.63) is 58.4 Å². The lowest BCUT2D eigenvalue weighted by Gasteiger charge is -2.09. The molecular weight excluding hydrogens is 362 g/mol. The fourth-order valence-electron chi connectivity index (χ4n) is 2.28. The zero-order valence-corrected chi connectivity index (χ0v) is 14.8. The van der Waals surface area contributed by atoms with Gasteiger partial charge in [-0.3, -0.25) is 4.79 Å². The minimum Gasteiger partial charge on any atom is -0.495 e. The molecule has 5 nitrogen and oxygen atoms in total. The third-order valence-electron chi connectivity index (χ3n) is 3.44. The maximum Gasteiger partial charge on any atom is 0.350 e. The second kappa shape index (κ2) is 7.55. The smallest absolute Gasteiger partial charge is 0.350 e. The minimum absolute atomic E-state index is 0.285. The number of amides is 1. The highest BCUT2D eigenvalue weighted by atomic mass is 35.5. The quantitative estimate of drug-likeness (QED) is 0.673. The van der Waals surface area contributed by atoms with Gasteiger partial charge in [-0.2, -0.15) is 0 Å². The fraction of sp³-hybridized carbons (Fsp3) is 0.111. The van der Waals surface area contributed by atoms with Crippen molar-refractivity contribution >= 4 is 50.6 Å². The summed E-state index contributed by atoms with van der Waals surface area (Å²) in [5, 5.41) is 3.77. The zero-order valence-electron chi connectivity index (χ0n) is 13.2. The van der Waals surface area contributed by atoms with Gasteiger partial charge in [-0.15, -0.1) is 11.3 Å². The average molecular weight is 376 g/mol. The number of rotatable bonds is 5. The zero-order chi connectivity index (χ0) is 17.8. The van der Waals surface area contributed by atoms with Gasteiger partial charge in [-0.05, 0) is 18.2 Å². The summed E-state index contributed by atoms with van der Waals surface area (Å²) in [6.45, 7) is -0.415. The second-order valence-electron chi connectivity index (χ2n) is 5.07. The lowest BCUT2D eigenvalue weighted by molar-refractivity contribution is -0.119. The minimum atomic E-state index is -0.624. The van der Waals surface area contributed by atoms with Crippen molar-refractivity contribution < 1.29 is 19.1 Å². The summed E-state index contributed by atoms with van der Waals surface area (Å²) in [6, 6.07) is 14.4. The molecule has 0 atom stereocenters. The number of halogens is 1. The molecule has 1 N–H and O–H groups in total. The van der Waals surface area contributed by atoms with E-state index in [2.05, 4.69) is 5.32 Å². The summed E-state index contributed by atoms with van der Waals surface area (Å²) < 4.78 is 11.1. The van der Waals surface area contributed by atoms with Crippen LogP contribution in [0.1, 0.15) is 9.67 Å². The molecule has 1 aromatic heterocycles. The van der Waals surface area contributed by atoms with Crippen LogP contribution in [0, 0.1) is 0 Å². The molecule has 128 valence electrons. The number of hydrogen-bond acceptors (Lipinski definition) is 5. The highest BCUT2D eigenvalue weighted by molar-refractivity contribution is 7.21. The van der Waals surface area contributed by atoms with Gasteiger partial charge in [0.1, 0.15) is 10.6 Å². The first kappa shape index (κ1) is 17.3. The van der Waals surface area contributed by atoms with Crippen LogP contribution >= 0.6 is 22.9 Å². The van der Waals surface area contributed by atoms with Crippen molar-refractivity contribution in [2.24, 2.45) is 0 Å². The van der Waals surface area contributed by atoms with E-state index in [0.29, 0.717) is 16.5 Å². The largest absolute Gasteiger partial charge is 0.495 e. The van der Waals surface area contributed by atoms with E-state index in [-0.39, 0.29) is 4.88 Å². The number of hydrogen-bond donors (Lipinski definition) is 1. The molecule has 0 bridgehead atoms. The van der Waals surface area contributed by atoms with E-state index in [9.17, 15) is 9.59 Å². The summed E-state index contributed by atoms with van der Waals surface area (Å²) in [5.41, 5.74) is 0.506. The molecule has 0 aliphatic heterocycles. The Morgan fingerprint density at radius 3 is 2.60 bits per heavy atom. The molecule has 25 heavy (non-hydrogen) atoms. The van der Waals surface area contributed by atoms with Crippen LogP contribution in [-0.2, 0) is 9.53 Å². The Morgan fingerprint density at radius 1 is 1.12 bits per heavy atom. The average Bonchev–Trinajstić information content (AvgIpc) is 2.97. The number of anilines is 1. The number of thiophene rings is 1. The number of fused-ring (bicyclic) bond motifs is 1. The third kappa shape index (κ3) is 3.75. The van der Waals surface area contributed by atoms with Crippen molar-refractivity contribution in [2.45, 2.75) is 0 Å². The first-order chi connectivity index (χ1) is 12.1.